The van der Waals surface area contributed by atoms with Crippen molar-refractivity contribution < 1.29 is 22.3 Å². The van der Waals surface area contributed by atoms with Crippen molar-refractivity contribution in [3.63, 3.8) is 0 Å². The summed E-state index contributed by atoms with van der Waals surface area (Å²) in [4.78, 5) is 13.4. The Hall–Kier alpha value is -1.51. The quantitative estimate of drug-likeness (QED) is 0.890. The van der Waals surface area contributed by atoms with Crippen LogP contribution in [0.2, 0.25) is 0 Å². The highest BCUT2D eigenvalue weighted by atomic mass is 32.2. The summed E-state index contributed by atoms with van der Waals surface area (Å²) in [6.07, 6.45) is 0.561. The van der Waals surface area contributed by atoms with E-state index in [1.807, 2.05) is 6.92 Å². The number of rotatable bonds is 3. The van der Waals surface area contributed by atoms with Gasteiger partial charge < -0.3 is 9.64 Å². The molecule has 2 unspecified atom stereocenters. The molecule has 2 atom stereocenters. The first-order valence-electron chi connectivity index (χ1n) is 6.42. The van der Waals surface area contributed by atoms with Crippen LogP contribution in [0.1, 0.15) is 23.7 Å². The average Bonchev–Trinajstić information content (AvgIpc) is 2.81. The Bertz CT molecular complexity index is 662. The highest BCUT2D eigenvalue weighted by Crippen LogP contribution is 2.21. The summed E-state index contributed by atoms with van der Waals surface area (Å²) in [6, 6.07) is 2.73. The van der Waals surface area contributed by atoms with Gasteiger partial charge in [-0.05, 0) is 31.5 Å². The van der Waals surface area contributed by atoms with E-state index in [9.17, 15) is 17.6 Å². The molecule has 1 amide bonds. The number of carbonyl (C=O) groups excluding carboxylic acids is 1. The molecule has 116 valence electrons. The van der Waals surface area contributed by atoms with Crippen LogP contribution in [0.25, 0.3) is 0 Å². The van der Waals surface area contributed by atoms with E-state index in [4.69, 9.17) is 9.88 Å². The molecule has 0 radical (unpaired) electrons. The van der Waals surface area contributed by atoms with Gasteiger partial charge in [-0.15, -0.1) is 0 Å². The van der Waals surface area contributed by atoms with Crippen LogP contribution in [0.4, 0.5) is 4.39 Å². The standard InChI is InChI=1S/C13H17FN2O4S/c1-8-12(3-4-20-8)16(2)13(17)9-5-10(14)7-11(6-9)21(15,18)19/h5-8,12H,3-4H2,1-2H3,(H2,15,18,19). The first-order chi connectivity index (χ1) is 9.70. The number of hydrogen-bond acceptors (Lipinski definition) is 4. The molecule has 1 saturated heterocycles. The number of amides is 1. The van der Waals surface area contributed by atoms with Gasteiger partial charge in [0.05, 0.1) is 17.0 Å². The Morgan fingerprint density at radius 3 is 2.62 bits per heavy atom. The van der Waals surface area contributed by atoms with Gasteiger partial charge in [-0.25, -0.2) is 17.9 Å². The molecule has 1 aliphatic heterocycles. The van der Waals surface area contributed by atoms with Crippen LogP contribution in [-0.2, 0) is 14.8 Å². The van der Waals surface area contributed by atoms with E-state index < -0.39 is 26.6 Å². The zero-order valence-corrected chi connectivity index (χ0v) is 12.6. The summed E-state index contributed by atoms with van der Waals surface area (Å²) < 4.78 is 41.5. The molecule has 1 fully saturated rings. The van der Waals surface area contributed by atoms with Crippen LogP contribution in [0.3, 0.4) is 0 Å². The maximum atomic E-state index is 13.5. The molecular formula is C13H17FN2O4S. The molecule has 1 aliphatic rings. The minimum Gasteiger partial charge on any atom is -0.376 e. The second kappa shape index (κ2) is 5.70. The summed E-state index contributed by atoms with van der Waals surface area (Å²) in [5.41, 5.74) is -0.0550. The van der Waals surface area contributed by atoms with E-state index in [0.717, 1.165) is 18.2 Å². The Kier molecular flexibility index (Phi) is 4.31. The molecule has 1 aromatic rings. The minimum atomic E-state index is -4.07. The lowest BCUT2D eigenvalue weighted by atomic mass is 10.1. The second-order valence-electron chi connectivity index (χ2n) is 5.07. The number of carbonyl (C=O) groups is 1. The van der Waals surface area contributed by atoms with Crippen molar-refractivity contribution >= 4 is 15.9 Å². The fraction of sp³-hybridized carbons (Fsp3) is 0.462. The summed E-state index contributed by atoms with van der Waals surface area (Å²) in [5.74, 6) is -1.30. The molecule has 0 aromatic heterocycles. The van der Waals surface area contributed by atoms with Crippen LogP contribution < -0.4 is 5.14 Å². The SMILES string of the molecule is CC1OCCC1N(C)C(=O)c1cc(F)cc(S(N)(=O)=O)c1. The zero-order chi connectivity index (χ0) is 15.8. The van der Waals surface area contributed by atoms with Gasteiger partial charge in [0, 0.05) is 19.2 Å². The molecule has 6 nitrogen and oxygen atoms in total. The van der Waals surface area contributed by atoms with E-state index in [1.165, 1.54) is 4.90 Å². The Morgan fingerprint density at radius 1 is 1.43 bits per heavy atom. The van der Waals surface area contributed by atoms with E-state index in [2.05, 4.69) is 0 Å². The number of nitrogens with zero attached hydrogens (tertiary/aromatic N) is 1. The molecule has 0 bridgehead atoms. The molecule has 0 aliphatic carbocycles. The number of sulfonamides is 1. The third-order valence-corrected chi connectivity index (χ3v) is 4.49. The topological polar surface area (TPSA) is 89.7 Å². The smallest absolute Gasteiger partial charge is 0.254 e. The van der Waals surface area contributed by atoms with Crippen molar-refractivity contribution in [3.8, 4) is 0 Å². The number of halogens is 1. The fourth-order valence-electron chi connectivity index (χ4n) is 2.43. The van der Waals surface area contributed by atoms with Gasteiger partial charge in [-0.3, -0.25) is 4.79 Å². The molecule has 1 heterocycles. The summed E-state index contributed by atoms with van der Waals surface area (Å²) >= 11 is 0. The number of hydrogen-bond donors (Lipinski definition) is 1. The van der Waals surface area contributed by atoms with Gasteiger partial charge >= 0.3 is 0 Å². The Labute approximate surface area is 122 Å². The predicted octanol–water partition coefficient (Wildman–Crippen LogP) is 0.723. The lowest BCUT2D eigenvalue weighted by Gasteiger charge is -2.27. The largest absolute Gasteiger partial charge is 0.376 e. The Balaban J connectivity index is 2.33. The highest BCUT2D eigenvalue weighted by Gasteiger charge is 2.31. The fourth-order valence-corrected chi connectivity index (χ4v) is 3.00. The van der Waals surface area contributed by atoms with Gasteiger partial charge in [0.15, 0.2) is 0 Å². The summed E-state index contributed by atoms with van der Waals surface area (Å²) in [7, 11) is -2.49. The number of nitrogens with two attached hydrogens (primary N) is 1. The number of likely N-dealkylation sites (N-methyl/N-ethyl adjacent to an activating group) is 1. The molecule has 0 spiro atoms. The van der Waals surface area contributed by atoms with E-state index in [0.29, 0.717) is 13.0 Å². The molecule has 2 N–H and O–H groups in total. The maximum absolute atomic E-state index is 13.5. The third-order valence-electron chi connectivity index (χ3n) is 3.60. The van der Waals surface area contributed by atoms with Crippen LogP contribution in [0.5, 0.6) is 0 Å². The third kappa shape index (κ3) is 3.39. The van der Waals surface area contributed by atoms with E-state index in [1.54, 1.807) is 7.05 Å². The second-order valence-corrected chi connectivity index (χ2v) is 6.63. The van der Waals surface area contributed by atoms with Gasteiger partial charge in [0.25, 0.3) is 5.91 Å². The van der Waals surface area contributed by atoms with Gasteiger partial charge in [-0.1, -0.05) is 0 Å². The molecule has 8 heteroatoms. The van der Waals surface area contributed by atoms with Crippen LogP contribution >= 0.6 is 0 Å². The number of primary sulfonamides is 1. The van der Waals surface area contributed by atoms with Crippen molar-refractivity contribution in [3.05, 3.63) is 29.6 Å². The van der Waals surface area contributed by atoms with Gasteiger partial charge in [0.2, 0.25) is 10.0 Å². The molecule has 1 aromatic carbocycles. The van der Waals surface area contributed by atoms with E-state index >= 15 is 0 Å². The summed E-state index contributed by atoms with van der Waals surface area (Å²) in [6.45, 7) is 2.40. The maximum Gasteiger partial charge on any atom is 0.254 e. The first-order valence-corrected chi connectivity index (χ1v) is 7.97. The summed E-state index contributed by atoms with van der Waals surface area (Å²) in [5, 5.41) is 4.98. The van der Waals surface area contributed by atoms with Crippen LogP contribution in [0.15, 0.2) is 23.1 Å². The predicted molar refractivity (Wildman–Crippen MR) is 73.7 cm³/mol. The number of benzene rings is 1. The molecule has 2 rings (SSSR count). The van der Waals surface area contributed by atoms with Gasteiger partial charge in [0.1, 0.15) is 5.82 Å². The highest BCUT2D eigenvalue weighted by molar-refractivity contribution is 7.89. The Morgan fingerprint density at radius 2 is 2.10 bits per heavy atom. The normalized spacial score (nSPS) is 22.3. The first kappa shape index (κ1) is 15.9. The van der Waals surface area contributed by atoms with Crippen molar-refractivity contribution in [1.82, 2.24) is 4.90 Å². The van der Waals surface area contributed by atoms with Crippen molar-refractivity contribution in [2.75, 3.05) is 13.7 Å². The average molecular weight is 316 g/mol. The monoisotopic (exact) mass is 316 g/mol. The van der Waals surface area contributed by atoms with Crippen LogP contribution in [0, 0.1) is 5.82 Å². The van der Waals surface area contributed by atoms with Crippen molar-refractivity contribution in [2.24, 2.45) is 5.14 Å². The van der Waals surface area contributed by atoms with Gasteiger partial charge in [-0.2, -0.15) is 0 Å². The van der Waals surface area contributed by atoms with Crippen molar-refractivity contribution in [1.29, 1.82) is 0 Å². The minimum absolute atomic E-state index is 0.0550. The molecule has 0 saturated carbocycles. The van der Waals surface area contributed by atoms with E-state index in [-0.39, 0.29) is 17.7 Å². The number of ether oxygens (including phenoxy) is 1. The molecule has 21 heavy (non-hydrogen) atoms. The zero-order valence-electron chi connectivity index (χ0n) is 11.7. The van der Waals surface area contributed by atoms with Crippen LogP contribution in [-0.4, -0.2) is 45.0 Å². The lowest BCUT2D eigenvalue weighted by Crippen LogP contribution is -2.41. The van der Waals surface area contributed by atoms with Crippen molar-refractivity contribution in [2.45, 2.75) is 30.4 Å². The lowest BCUT2D eigenvalue weighted by molar-refractivity contribution is 0.0574. The molecular weight excluding hydrogens is 299 g/mol.